The van der Waals surface area contributed by atoms with Gasteiger partial charge in [0.2, 0.25) is 5.91 Å². The van der Waals surface area contributed by atoms with Crippen LogP contribution in [0.15, 0.2) is 66.7 Å². The number of hydrogen-bond acceptors (Lipinski definition) is 2. The van der Waals surface area contributed by atoms with Crippen LogP contribution in [0.4, 0.5) is 11.4 Å². The van der Waals surface area contributed by atoms with E-state index in [1.165, 1.54) is 0 Å². The number of amides is 1. The van der Waals surface area contributed by atoms with Gasteiger partial charge in [-0.2, -0.15) is 0 Å². The van der Waals surface area contributed by atoms with Crippen molar-refractivity contribution in [1.82, 2.24) is 0 Å². The van der Waals surface area contributed by atoms with Crippen LogP contribution in [0, 0.1) is 0 Å². The summed E-state index contributed by atoms with van der Waals surface area (Å²) >= 11 is 5.90. The zero-order valence-corrected chi connectivity index (χ0v) is 12.6. The van der Waals surface area contributed by atoms with Crippen LogP contribution in [-0.4, -0.2) is 12.5 Å². The summed E-state index contributed by atoms with van der Waals surface area (Å²) in [4.78, 5) is 12.0. The fourth-order valence-corrected chi connectivity index (χ4v) is 2.44. The first kappa shape index (κ1) is 14.4. The van der Waals surface area contributed by atoms with Gasteiger partial charge in [-0.1, -0.05) is 48.0 Å². The van der Waals surface area contributed by atoms with Gasteiger partial charge in [0.05, 0.1) is 6.54 Å². The first-order valence-electron chi connectivity index (χ1n) is 6.99. The lowest BCUT2D eigenvalue weighted by molar-refractivity contribution is -0.114. The molecule has 4 heteroatoms. The lowest BCUT2D eigenvalue weighted by Crippen LogP contribution is -2.21. The predicted octanol–water partition coefficient (Wildman–Crippen LogP) is 4.54. The molecule has 0 aliphatic heterocycles. The van der Waals surface area contributed by atoms with Crippen LogP contribution in [0.3, 0.4) is 0 Å². The highest BCUT2D eigenvalue weighted by Crippen LogP contribution is 2.19. The summed E-state index contributed by atoms with van der Waals surface area (Å²) in [6.07, 6.45) is 0. The van der Waals surface area contributed by atoms with Crippen LogP contribution in [-0.2, 0) is 4.79 Å². The third kappa shape index (κ3) is 3.57. The maximum Gasteiger partial charge on any atom is 0.243 e. The van der Waals surface area contributed by atoms with Crippen LogP contribution in [0.2, 0.25) is 5.02 Å². The van der Waals surface area contributed by atoms with Crippen LogP contribution in [0.5, 0.6) is 0 Å². The first-order valence-corrected chi connectivity index (χ1v) is 7.36. The number of hydrogen-bond donors (Lipinski definition) is 2. The van der Waals surface area contributed by atoms with E-state index in [9.17, 15) is 4.79 Å². The fraction of sp³-hybridized carbons (Fsp3) is 0.0556. The summed E-state index contributed by atoms with van der Waals surface area (Å²) in [5.74, 6) is -0.102. The molecule has 0 radical (unpaired) electrons. The van der Waals surface area contributed by atoms with E-state index in [1.807, 2.05) is 54.6 Å². The number of carbonyl (C=O) groups is 1. The monoisotopic (exact) mass is 310 g/mol. The molecule has 3 aromatic carbocycles. The van der Waals surface area contributed by atoms with Crippen molar-refractivity contribution in [2.45, 2.75) is 0 Å². The van der Waals surface area contributed by atoms with Crippen LogP contribution in [0.25, 0.3) is 10.8 Å². The highest BCUT2D eigenvalue weighted by atomic mass is 35.5. The van der Waals surface area contributed by atoms with Gasteiger partial charge in [-0.3, -0.25) is 4.79 Å². The van der Waals surface area contributed by atoms with Crippen LogP contribution in [0.1, 0.15) is 0 Å². The average molecular weight is 311 g/mol. The lowest BCUT2D eigenvalue weighted by Gasteiger charge is -2.09. The van der Waals surface area contributed by atoms with Crippen molar-refractivity contribution in [2.75, 3.05) is 17.2 Å². The predicted molar refractivity (Wildman–Crippen MR) is 92.5 cm³/mol. The highest BCUT2D eigenvalue weighted by Gasteiger charge is 2.03. The minimum atomic E-state index is -0.102. The molecule has 110 valence electrons. The number of fused-ring (bicyclic) bond motifs is 1. The molecule has 0 saturated carbocycles. The van der Waals surface area contributed by atoms with E-state index in [-0.39, 0.29) is 12.5 Å². The molecular formula is C18H15ClN2O. The molecule has 0 spiro atoms. The number of benzene rings is 3. The zero-order valence-electron chi connectivity index (χ0n) is 11.8. The molecule has 1 amide bonds. The van der Waals surface area contributed by atoms with Gasteiger partial charge in [0.1, 0.15) is 0 Å². The highest BCUT2D eigenvalue weighted by molar-refractivity contribution is 6.30. The minimum Gasteiger partial charge on any atom is -0.376 e. The number of halogens is 1. The van der Waals surface area contributed by atoms with Gasteiger partial charge in [0.15, 0.2) is 0 Å². The molecule has 3 rings (SSSR count). The van der Waals surface area contributed by atoms with Gasteiger partial charge in [-0.05, 0) is 41.1 Å². The lowest BCUT2D eigenvalue weighted by atomic mass is 10.1. The van der Waals surface area contributed by atoms with Crippen molar-refractivity contribution in [1.29, 1.82) is 0 Å². The standard InChI is InChI=1S/C18H15ClN2O/c19-15-6-3-7-16(11-15)20-12-18(22)21-17-9-8-13-4-1-2-5-14(13)10-17/h1-11,20H,12H2,(H,21,22). The van der Waals surface area contributed by atoms with E-state index >= 15 is 0 Å². The summed E-state index contributed by atoms with van der Waals surface area (Å²) in [5.41, 5.74) is 1.61. The minimum absolute atomic E-state index is 0.102. The summed E-state index contributed by atoms with van der Waals surface area (Å²) in [6, 6.07) is 21.2. The van der Waals surface area contributed by atoms with Crippen molar-refractivity contribution in [3.63, 3.8) is 0 Å². The van der Waals surface area contributed by atoms with E-state index in [2.05, 4.69) is 10.6 Å². The molecule has 2 N–H and O–H groups in total. The van der Waals surface area contributed by atoms with Crippen molar-refractivity contribution in [3.05, 3.63) is 71.8 Å². The van der Waals surface area contributed by atoms with Crippen molar-refractivity contribution >= 4 is 39.7 Å². The van der Waals surface area contributed by atoms with Crippen molar-refractivity contribution < 1.29 is 4.79 Å². The smallest absolute Gasteiger partial charge is 0.243 e. The Bertz CT molecular complexity index is 817. The van der Waals surface area contributed by atoms with Gasteiger partial charge in [0, 0.05) is 16.4 Å². The Hall–Kier alpha value is -2.52. The maximum absolute atomic E-state index is 12.0. The molecule has 3 nitrogen and oxygen atoms in total. The topological polar surface area (TPSA) is 41.1 Å². The molecule has 0 heterocycles. The Morgan fingerprint density at radius 1 is 0.864 bits per heavy atom. The van der Waals surface area contributed by atoms with Gasteiger partial charge in [0.25, 0.3) is 0 Å². The molecule has 0 aliphatic carbocycles. The van der Waals surface area contributed by atoms with E-state index in [0.29, 0.717) is 5.02 Å². The number of rotatable bonds is 4. The van der Waals surface area contributed by atoms with E-state index in [0.717, 1.165) is 22.1 Å². The van der Waals surface area contributed by atoms with Gasteiger partial charge in [-0.15, -0.1) is 0 Å². The Morgan fingerprint density at radius 3 is 2.50 bits per heavy atom. The van der Waals surface area contributed by atoms with Gasteiger partial charge >= 0.3 is 0 Å². The Morgan fingerprint density at radius 2 is 1.68 bits per heavy atom. The molecule has 0 atom stereocenters. The maximum atomic E-state index is 12.0. The summed E-state index contributed by atoms with van der Waals surface area (Å²) in [7, 11) is 0. The first-order chi connectivity index (χ1) is 10.7. The summed E-state index contributed by atoms with van der Waals surface area (Å²) in [5, 5.41) is 8.82. The van der Waals surface area contributed by atoms with Crippen molar-refractivity contribution in [2.24, 2.45) is 0 Å². The fourth-order valence-electron chi connectivity index (χ4n) is 2.25. The quantitative estimate of drug-likeness (QED) is 0.742. The summed E-state index contributed by atoms with van der Waals surface area (Å²) in [6.45, 7) is 0.188. The molecule has 0 unspecified atom stereocenters. The van der Waals surface area contributed by atoms with Gasteiger partial charge < -0.3 is 10.6 Å². The summed E-state index contributed by atoms with van der Waals surface area (Å²) < 4.78 is 0. The molecule has 0 saturated heterocycles. The molecule has 0 aromatic heterocycles. The number of carbonyl (C=O) groups excluding carboxylic acids is 1. The Labute approximate surface area is 133 Å². The van der Waals surface area contributed by atoms with Crippen LogP contribution < -0.4 is 10.6 Å². The Kier molecular flexibility index (Phi) is 4.26. The molecule has 0 aliphatic rings. The third-order valence-electron chi connectivity index (χ3n) is 3.31. The molecule has 0 fully saturated rings. The third-order valence-corrected chi connectivity index (χ3v) is 3.55. The molecule has 22 heavy (non-hydrogen) atoms. The normalized spacial score (nSPS) is 10.4. The SMILES string of the molecule is O=C(CNc1cccc(Cl)c1)Nc1ccc2ccccc2c1. The van der Waals surface area contributed by atoms with E-state index in [4.69, 9.17) is 11.6 Å². The van der Waals surface area contributed by atoms with Crippen LogP contribution >= 0.6 is 11.6 Å². The molecular weight excluding hydrogens is 296 g/mol. The number of anilines is 2. The number of nitrogens with one attached hydrogen (secondary N) is 2. The van der Waals surface area contributed by atoms with Gasteiger partial charge in [-0.25, -0.2) is 0 Å². The molecule has 3 aromatic rings. The second-order valence-electron chi connectivity index (χ2n) is 4.97. The zero-order chi connectivity index (χ0) is 15.4. The molecule has 0 bridgehead atoms. The average Bonchev–Trinajstić information content (AvgIpc) is 2.53. The second-order valence-corrected chi connectivity index (χ2v) is 5.41. The van der Waals surface area contributed by atoms with Crippen molar-refractivity contribution in [3.8, 4) is 0 Å². The second kappa shape index (κ2) is 6.50. The van der Waals surface area contributed by atoms with E-state index < -0.39 is 0 Å². The largest absolute Gasteiger partial charge is 0.376 e. The van der Waals surface area contributed by atoms with E-state index in [1.54, 1.807) is 12.1 Å². The Balaban J connectivity index is 1.63.